The van der Waals surface area contributed by atoms with Gasteiger partial charge in [0.15, 0.2) is 0 Å². The van der Waals surface area contributed by atoms with E-state index < -0.39 is 0 Å². The third-order valence-electron chi connectivity index (χ3n) is 3.44. The third kappa shape index (κ3) is 7.88. The molecule has 1 saturated heterocycles. The van der Waals surface area contributed by atoms with Crippen LogP contribution in [0.1, 0.15) is 41.0 Å². The van der Waals surface area contributed by atoms with Gasteiger partial charge in [0.25, 0.3) is 0 Å². The van der Waals surface area contributed by atoms with Gasteiger partial charge < -0.3 is 15.4 Å². The fourth-order valence-corrected chi connectivity index (χ4v) is 2.67. The van der Waals surface area contributed by atoms with Crippen molar-refractivity contribution in [3.63, 3.8) is 0 Å². The second kappa shape index (κ2) is 8.90. The SMILES string of the molecule is CC(C)NCCN1CCOC(CC(C)NC(C)C)C1. The molecule has 0 radical (unpaired) electrons. The standard InChI is InChI=1S/C15H33N3O/c1-12(2)16-6-7-18-8-9-19-15(11-18)10-14(5)17-13(3)4/h12-17H,6-11H2,1-5H3. The van der Waals surface area contributed by atoms with Crippen molar-refractivity contribution in [2.75, 3.05) is 32.8 Å². The predicted octanol–water partition coefficient (Wildman–Crippen LogP) is 1.46. The van der Waals surface area contributed by atoms with E-state index in [1.54, 1.807) is 0 Å². The summed E-state index contributed by atoms with van der Waals surface area (Å²) in [5, 5.41) is 7.03. The van der Waals surface area contributed by atoms with Crippen molar-refractivity contribution in [1.29, 1.82) is 0 Å². The van der Waals surface area contributed by atoms with Gasteiger partial charge in [-0.15, -0.1) is 0 Å². The first-order valence-corrected chi connectivity index (χ1v) is 7.80. The quantitative estimate of drug-likeness (QED) is 0.701. The Hall–Kier alpha value is -0.160. The summed E-state index contributed by atoms with van der Waals surface area (Å²) in [6.45, 7) is 16.3. The Morgan fingerprint density at radius 2 is 1.89 bits per heavy atom. The van der Waals surface area contributed by atoms with E-state index in [1.807, 2.05) is 0 Å². The van der Waals surface area contributed by atoms with Crippen molar-refractivity contribution in [3.8, 4) is 0 Å². The van der Waals surface area contributed by atoms with Crippen LogP contribution in [0.5, 0.6) is 0 Å². The lowest BCUT2D eigenvalue weighted by Gasteiger charge is -2.34. The number of hydrogen-bond acceptors (Lipinski definition) is 4. The maximum absolute atomic E-state index is 5.89. The van der Waals surface area contributed by atoms with Crippen molar-refractivity contribution in [3.05, 3.63) is 0 Å². The van der Waals surface area contributed by atoms with Gasteiger partial charge in [-0.25, -0.2) is 0 Å². The molecule has 0 spiro atoms. The number of nitrogens with one attached hydrogen (secondary N) is 2. The van der Waals surface area contributed by atoms with Gasteiger partial charge in [-0.3, -0.25) is 4.90 Å². The molecule has 0 aromatic heterocycles. The molecular formula is C15H33N3O. The molecule has 19 heavy (non-hydrogen) atoms. The first-order chi connectivity index (χ1) is 8.97. The van der Waals surface area contributed by atoms with Crippen molar-refractivity contribution < 1.29 is 4.74 Å². The smallest absolute Gasteiger partial charge is 0.0717 e. The Morgan fingerprint density at radius 1 is 1.16 bits per heavy atom. The van der Waals surface area contributed by atoms with Crippen LogP contribution in [0.25, 0.3) is 0 Å². The third-order valence-corrected chi connectivity index (χ3v) is 3.44. The van der Waals surface area contributed by atoms with E-state index in [-0.39, 0.29) is 0 Å². The van der Waals surface area contributed by atoms with Gasteiger partial charge in [-0.2, -0.15) is 0 Å². The fraction of sp³-hybridized carbons (Fsp3) is 1.00. The second-order valence-corrected chi connectivity index (χ2v) is 6.36. The van der Waals surface area contributed by atoms with E-state index in [2.05, 4.69) is 50.2 Å². The summed E-state index contributed by atoms with van der Waals surface area (Å²) in [7, 11) is 0. The van der Waals surface area contributed by atoms with Gasteiger partial charge in [-0.05, 0) is 13.3 Å². The Morgan fingerprint density at radius 3 is 2.53 bits per heavy atom. The summed E-state index contributed by atoms with van der Waals surface area (Å²) < 4.78 is 5.89. The zero-order valence-electron chi connectivity index (χ0n) is 13.4. The highest BCUT2D eigenvalue weighted by molar-refractivity contribution is 4.77. The van der Waals surface area contributed by atoms with E-state index in [1.165, 1.54) is 0 Å². The second-order valence-electron chi connectivity index (χ2n) is 6.36. The maximum Gasteiger partial charge on any atom is 0.0717 e. The Labute approximate surface area is 119 Å². The summed E-state index contributed by atoms with van der Waals surface area (Å²) >= 11 is 0. The molecule has 0 saturated carbocycles. The molecule has 1 aliphatic heterocycles. The zero-order chi connectivity index (χ0) is 14.3. The molecule has 1 rings (SSSR count). The normalized spacial score (nSPS) is 23.2. The van der Waals surface area contributed by atoms with Crippen LogP contribution in [0, 0.1) is 0 Å². The predicted molar refractivity (Wildman–Crippen MR) is 81.7 cm³/mol. The van der Waals surface area contributed by atoms with Gasteiger partial charge in [0, 0.05) is 44.3 Å². The summed E-state index contributed by atoms with van der Waals surface area (Å²) in [6.07, 6.45) is 1.49. The highest BCUT2D eigenvalue weighted by Gasteiger charge is 2.22. The molecule has 2 unspecified atom stereocenters. The van der Waals surface area contributed by atoms with Crippen molar-refractivity contribution in [2.45, 2.75) is 65.3 Å². The van der Waals surface area contributed by atoms with Crippen LogP contribution >= 0.6 is 0 Å². The minimum absolute atomic E-state index is 0.383. The number of ether oxygens (including phenoxy) is 1. The average molecular weight is 271 g/mol. The number of morpholine rings is 1. The largest absolute Gasteiger partial charge is 0.375 e. The molecule has 1 fully saturated rings. The number of rotatable bonds is 8. The number of hydrogen-bond donors (Lipinski definition) is 2. The molecule has 4 heteroatoms. The van der Waals surface area contributed by atoms with Crippen LogP contribution in [0.3, 0.4) is 0 Å². The Kier molecular flexibility index (Phi) is 7.91. The molecule has 2 N–H and O–H groups in total. The van der Waals surface area contributed by atoms with Crippen LogP contribution < -0.4 is 10.6 Å². The van der Waals surface area contributed by atoms with E-state index in [4.69, 9.17) is 4.74 Å². The van der Waals surface area contributed by atoms with Gasteiger partial charge in [0.05, 0.1) is 12.7 Å². The lowest BCUT2D eigenvalue weighted by Crippen LogP contribution is -2.47. The van der Waals surface area contributed by atoms with Crippen LogP contribution in [0.4, 0.5) is 0 Å². The van der Waals surface area contributed by atoms with Crippen LogP contribution in [0.2, 0.25) is 0 Å². The molecule has 0 aromatic rings. The summed E-state index contributed by atoms with van der Waals surface area (Å²) in [4.78, 5) is 2.52. The van der Waals surface area contributed by atoms with Crippen molar-refractivity contribution in [2.24, 2.45) is 0 Å². The molecule has 2 atom stereocenters. The van der Waals surface area contributed by atoms with Crippen LogP contribution in [-0.2, 0) is 4.74 Å². The maximum atomic E-state index is 5.89. The Balaban J connectivity index is 2.21. The van der Waals surface area contributed by atoms with E-state index in [0.717, 1.165) is 39.2 Å². The van der Waals surface area contributed by atoms with Crippen LogP contribution in [0.15, 0.2) is 0 Å². The molecule has 0 amide bonds. The summed E-state index contributed by atoms with van der Waals surface area (Å²) in [5.74, 6) is 0. The zero-order valence-corrected chi connectivity index (χ0v) is 13.4. The molecule has 1 heterocycles. The first kappa shape index (κ1) is 16.9. The van der Waals surface area contributed by atoms with E-state index >= 15 is 0 Å². The lowest BCUT2D eigenvalue weighted by molar-refractivity contribution is -0.0353. The molecule has 0 aliphatic carbocycles. The highest BCUT2D eigenvalue weighted by Crippen LogP contribution is 2.10. The molecular weight excluding hydrogens is 238 g/mol. The monoisotopic (exact) mass is 271 g/mol. The lowest BCUT2D eigenvalue weighted by atomic mass is 10.1. The average Bonchev–Trinajstić information content (AvgIpc) is 2.27. The first-order valence-electron chi connectivity index (χ1n) is 7.80. The fourth-order valence-electron chi connectivity index (χ4n) is 2.67. The summed E-state index contributed by atoms with van der Waals surface area (Å²) in [6, 6.07) is 1.65. The van der Waals surface area contributed by atoms with Gasteiger partial charge in [0.2, 0.25) is 0 Å². The van der Waals surface area contributed by atoms with E-state index in [0.29, 0.717) is 24.2 Å². The molecule has 0 aromatic carbocycles. The topological polar surface area (TPSA) is 36.5 Å². The van der Waals surface area contributed by atoms with E-state index in [9.17, 15) is 0 Å². The number of nitrogens with zero attached hydrogens (tertiary/aromatic N) is 1. The van der Waals surface area contributed by atoms with Gasteiger partial charge in [0.1, 0.15) is 0 Å². The Bertz CT molecular complexity index is 233. The van der Waals surface area contributed by atoms with Gasteiger partial charge >= 0.3 is 0 Å². The minimum atomic E-state index is 0.383. The van der Waals surface area contributed by atoms with Crippen molar-refractivity contribution in [1.82, 2.24) is 15.5 Å². The minimum Gasteiger partial charge on any atom is -0.375 e. The van der Waals surface area contributed by atoms with Gasteiger partial charge in [-0.1, -0.05) is 27.7 Å². The molecule has 1 aliphatic rings. The molecule has 4 nitrogen and oxygen atoms in total. The highest BCUT2D eigenvalue weighted by atomic mass is 16.5. The molecule has 114 valence electrons. The molecule has 0 bridgehead atoms. The van der Waals surface area contributed by atoms with Crippen molar-refractivity contribution >= 4 is 0 Å². The van der Waals surface area contributed by atoms with Crippen LogP contribution in [-0.4, -0.2) is 61.9 Å². The summed E-state index contributed by atoms with van der Waals surface area (Å²) in [5.41, 5.74) is 0.